The SMILES string of the molecule is C[C@@H]1CC[C@@]2(NC1)O[C@H]1C[C@H]3[C@@H]4CC=C5C[C@@H](O[C@H]6O[C@H](CO)[C@@H](O)[C@H](O)[C@H]6O)CC[C@]5(C)[C@H]4CC[C@]3(C)[C@H]1[C@@H]2C. The number of aliphatic hydroxyl groups excluding tert-OH is 4. The minimum Gasteiger partial charge on any atom is -0.394 e. The van der Waals surface area contributed by atoms with Crippen molar-refractivity contribution in [2.45, 2.75) is 134 Å². The molecule has 0 aromatic heterocycles. The standard InChI is InChI=1S/C33H53NO7/c1-17-7-12-33(34-15-17)18(2)26-24(41-33)14-23-21-6-5-19-13-20(8-10-31(19,3)22(21)9-11-32(23,26)4)39-30-29(38)28(37)27(36)25(16-35)40-30/h5,17-18,20-30,34-38H,6-16H2,1-4H3/t17-,18+,20+,21-,22+,23+,24+,25-,26+,27-,28+,29-,30+,31+,32+,33-/m1/s1. The smallest absolute Gasteiger partial charge is 0.186 e. The third kappa shape index (κ3) is 4.29. The van der Waals surface area contributed by atoms with E-state index >= 15 is 0 Å². The molecule has 16 atom stereocenters. The normalized spacial score (nSPS) is 58.3. The summed E-state index contributed by atoms with van der Waals surface area (Å²) in [6.07, 6.45) is 6.64. The van der Waals surface area contributed by atoms with Crippen LogP contribution in [-0.2, 0) is 14.2 Å². The van der Waals surface area contributed by atoms with Crippen molar-refractivity contribution < 1.29 is 34.6 Å². The summed E-state index contributed by atoms with van der Waals surface area (Å²) in [5.41, 5.74) is 1.86. The average molecular weight is 576 g/mol. The summed E-state index contributed by atoms with van der Waals surface area (Å²) in [5, 5.41) is 44.3. The molecule has 0 bridgehead atoms. The molecule has 3 heterocycles. The van der Waals surface area contributed by atoms with E-state index in [-0.39, 0.29) is 17.2 Å². The first-order valence-electron chi connectivity index (χ1n) is 16.6. The highest BCUT2D eigenvalue weighted by Gasteiger charge is 2.68. The summed E-state index contributed by atoms with van der Waals surface area (Å²) in [5.74, 6) is 3.99. The van der Waals surface area contributed by atoms with Crippen LogP contribution in [0.15, 0.2) is 11.6 Å². The summed E-state index contributed by atoms with van der Waals surface area (Å²) in [6.45, 7) is 10.5. The number of hydrogen-bond acceptors (Lipinski definition) is 8. The van der Waals surface area contributed by atoms with Crippen LogP contribution in [0, 0.1) is 46.3 Å². The summed E-state index contributed by atoms with van der Waals surface area (Å²) >= 11 is 0. The lowest BCUT2D eigenvalue weighted by Crippen LogP contribution is -2.60. The molecule has 8 nitrogen and oxygen atoms in total. The molecule has 7 rings (SSSR count). The zero-order chi connectivity index (χ0) is 28.9. The van der Waals surface area contributed by atoms with Gasteiger partial charge in [0.15, 0.2) is 6.29 Å². The highest BCUT2D eigenvalue weighted by Crippen LogP contribution is 2.70. The number of fused-ring (bicyclic) bond motifs is 7. The second-order valence-corrected chi connectivity index (χ2v) is 15.6. The molecular weight excluding hydrogens is 522 g/mol. The number of rotatable bonds is 3. The van der Waals surface area contributed by atoms with Gasteiger partial charge in [0.2, 0.25) is 0 Å². The van der Waals surface area contributed by atoms with Crippen molar-refractivity contribution >= 4 is 0 Å². The monoisotopic (exact) mass is 575 g/mol. The molecule has 41 heavy (non-hydrogen) atoms. The molecule has 3 saturated carbocycles. The Morgan fingerprint density at radius 3 is 2.54 bits per heavy atom. The molecular formula is C33H53NO7. The highest BCUT2D eigenvalue weighted by molar-refractivity contribution is 5.26. The first-order chi connectivity index (χ1) is 19.5. The van der Waals surface area contributed by atoms with Crippen LogP contribution < -0.4 is 5.32 Å². The molecule has 0 aromatic carbocycles. The molecule has 5 N–H and O–H groups in total. The molecule has 6 fully saturated rings. The largest absolute Gasteiger partial charge is 0.394 e. The Balaban J connectivity index is 1.05. The second-order valence-electron chi connectivity index (χ2n) is 15.6. The second kappa shape index (κ2) is 10.2. The Labute approximate surface area is 245 Å². The highest BCUT2D eigenvalue weighted by atomic mass is 16.7. The van der Waals surface area contributed by atoms with Gasteiger partial charge in [-0.2, -0.15) is 0 Å². The minimum atomic E-state index is -1.41. The molecule has 1 spiro atoms. The Morgan fingerprint density at radius 2 is 1.80 bits per heavy atom. The van der Waals surface area contributed by atoms with Gasteiger partial charge in [-0.1, -0.05) is 39.3 Å². The van der Waals surface area contributed by atoms with Gasteiger partial charge in [0.25, 0.3) is 0 Å². The van der Waals surface area contributed by atoms with Crippen LogP contribution in [0.5, 0.6) is 0 Å². The van der Waals surface area contributed by atoms with Gasteiger partial charge in [0.05, 0.1) is 18.8 Å². The number of aliphatic hydroxyl groups is 4. The van der Waals surface area contributed by atoms with Gasteiger partial charge in [-0.05, 0) is 98.2 Å². The van der Waals surface area contributed by atoms with Crippen LogP contribution in [0.1, 0.15) is 85.5 Å². The van der Waals surface area contributed by atoms with E-state index in [1.165, 1.54) is 31.3 Å². The van der Waals surface area contributed by atoms with Gasteiger partial charge in [0.1, 0.15) is 30.1 Å². The fraction of sp³-hybridized carbons (Fsp3) is 0.939. The maximum atomic E-state index is 10.5. The van der Waals surface area contributed by atoms with Gasteiger partial charge in [-0.15, -0.1) is 0 Å². The van der Waals surface area contributed by atoms with Gasteiger partial charge in [-0.3, -0.25) is 5.32 Å². The summed E-state index contributed by atoms with van der Waals surface area (Å²) in [7, 11) is 0. The van der Waals surface area contributed by atoms with Gasteiger partial charge in [-0.25, -0.2) is 0 Å². The molecule has 3 saturated heterocycles. The molecule has 232 valence electrons. The number of ether oxygens (including phenoxy) is 3. The Morgan fingerprint density at radius 1 is 1.00 bits per heavy atom. The fourth-order valence-corrected chi connectivity index (χ4v) is 11.3. The van der Waals surface area contributed by atoms with E-state index in [4.69, 9.17) is 14.2 Å². The van der Waals surface area contributed by atoms with Gasteiger partial charge >= 0.3 is 0 Å². The van der Waals surface area contributed by atoms with E-state index < -0.39 is 37.3 Å². The third-order valence-electron chi connectivity index (χ3n) is 13.7. The zero-order valence-electron chi connectivity index (χ0n) is 25.4. The van der Waals surface area contributed by atoms with Crippen LogP contribution in [0.25, 0.3) is 0 Å². The van der Waals surface area contributed by atoms with Crippen molar-refractivity contribution in [2.75, 3.05) is 13.2 Å². The van der Waals surface area contributed by atoms with Crippen molar-refractivity contribution in [2.24, 2.45) is 46.3 Å². The molecule has 3 aliphatic heterocycles. The number of piperidine rings is 1. The van der Waals surface area contributed by atoms with Crippen molar-refractivity contribution in [1.29, 1.82) is 0 Å². The predicted octanol–water partition coefficient (Wildman–Crippen LogP) is 3.11. The lowest BCUT2D eigenvalue weighted by atomic mass is 9.47. The molecule has 7 aliphatic rings. The first-order valence-corrected chi connectivity index (χ1v) is 16.6. The average Bonchev–Trinajstić information content (AvgIpc) is 3.40. The third-order valence-corrected chi connectivity index (χ3v) is 13.7. The predicted molar refractivity (Wildman–Crippen MR) is 152 cm³/mol. The van der Waals surface area contributed by atoms with E-state index in [0.717, 1.165) is 44.6 Å². The molecule has 0 amide bonds. The van der Waals surface area contributed by atoms with E-state index in [1.54, 1.807) is 0 Å². The molecule has 0 radical (unpaired) electrons. The molecule has 4 aliphatic carbocycles. The number of nitrogens with one attached hydrogen (secondary N) is 1. The minimum absolute atomic E-state index is 0.113. The molecule has 0 aromatic rings. The topological polar surface area (TPSA) is 121 Å². The zero-order valence-corrected chi connectivity index (χ0v) is 25.4. The van der Waals surface area contributed by atoms with E-state index in [1.807, 2.05) is 0 Å². The Hall–Kier alpha value is -0.580. The van der Waals surface area contributed by atoms with E-state index in [2.05, 4.69) is 39.1 Å². The Bertz CT molecular complexity index is 1030. The summed E-state index contributed by atoms with van der Waals surface area (Å²) < 4.78 is 18.9. The lowest BCUT2D eigenvalue weighted by molar-refractivity contribution is -0.313. The maximum Gasteiger partial charge on any atom is 0.186 e. The Kier molecular flexibility index (Phi) is 7.27. The van der Waals surface area contributed by atoms with Gasteiger partial charge < -0.3 is 34.6 Å². The van der Waals surface area contributed by atoms with Crippen LogP contribution in [0.4, 0.5) is 0 Å². The maximum absolute atomic E-state index is 10.5. The fourth-order valence-electron chi connectivity index (χ4n) is 11.3. The van der Waals surface area contributed by atoms with E-state index in [9.17, 15) is 20.4 Å². The summed E-state index contributed by atoms with van der Waals surface area (Å²) in [4.78, 5) is 0. The van der Waals surface area contributed by atoms with Crippen LogP contribution in [0.3, 0.4) is 0 Å². The molecule has 8 heteroatoms. The number of allylic oxidation sites excluding steroid dienone is 1. The van der Waals surface area contributed by atoms with Crippen LogP contribution in [-0.4, -0.2) is 82.2 Å². The van der Waals surface area contributed by atoms with Crippen molar-refractivity contribution in [3.8, 4) is 0 Å². The quantitative estimate of drug-likeness (QED) is 0.326. The van der Waals surface area contributed by atoms with E-state index in [0.29, 0.717) is 41.1 Å². The summed E-state index contributed by atoms with van der Waals surface area (Å²) in [6, 6.07) is 0. The van der Waals surface area contributed by atoms with Gasteiger partial charge in [0, 0.05) is 12.5 Å². The van der Waals surface area contributed by atoms with Crippen molar-refractivity contribution in [3.63, 3.8) is 0 Å². The van der Waals surface area contributed by atoms with Crippen LogP contribution >= 0.6 is 0 Å². The first kappa shape index (κ1) is 29.1. The number of hydrogen-bond donors (Lipinski definition) is 5. The lowest BCUT2D eigenvalue weighted by Gasteiger charge is -2.59. The van der Waals surface area contributed by atoms with Crippen LogP contribution in [0.2, 0.25) is 0 Å². The molecule has 0 unspecified atom stereocenters. The van der Waals surface area contributed by atoms with Crippen molar-refractivity contribution in [3.05, 3.63) is 11.6 Å². The van der Waals surface area contributed by atoms with Crippen molar-refractivity contribution in [1.82, 2.24) is 5.32 Å².